The lowest BCUT2D eigenvalue weighted by atomic mass is 10.1. The average molecular weight is 385 g/mol. The second-order valence-corrected chi connectivity index (χ2v) is 8.50. The molecule has 0 aliphatic carbocycles. The van der Waals surface area contributed by atoms with E-state index in [4.69, 9.17) is 0 Å². The van der Waals surface area contributed by atoms with Crippen LogP contribution in [-0.2, 0) is 14.8 Å². The van der Waals surface area contributed by atoms with Crippen molar-refractivity contribution in [1.29, 1.82) is 0 Å². The standard InChI is InChI=1S/C21H24N2O3S/c1-17-6-5-7-18(16-17)10-11-21(24)23-14-12-19(13-15-23)22-27(25,26)20-8-3-2-4-9-20/h2-11,16,19,22H,12-15H2,1H3/b11-10+. The lowest BCUT2D eigenvalue weighted by molar-refractivity contribution is -0.126. The molecule has 1 fully saturated rings. The summed E-state index contributed by atoms with van der Waals surface area (Å²) in [5.41, 5.74) is 2.14. The molecule has 1 N–H and O–H groups in total. The first kappa shape index (κ1) is 19.3. The van der Waals surface area contributed by atoms with Crippen LogP contribution < -0.4 is 4.72 Å². The van der Waals surface area contributed by atoms with Gasteiger partial charge in [-0.25, -0.2) is 13.1 Å². The maximum Gasteiger partial charge on any atom is 0.246 e. The second kappa shape index (κ2) is 8.50. The number of likely N-dealkylation sites (tertiary alicyclic amines) is 1. The van der Waals surface area contributed by atoms with Gasteiger partial charge in [-0.2, -0.15) is 0 Å². The van der Waals surface area contributed by atoms with Crippen molar-refractivity contribution in [1.82, 2.24) is 9.62 Å². The SMILES string of the molecule is Cc1cccc(/C=C/C(=O)N2CCC(NS(=O)(=O)c3ccccc3)CC2)c1. The molecule has 6 heteroatoms. The van der Waals surface area contributed by atoms with E-state index in [0.29, 0.717) is 25.9 Å². The maximum absolute atomic E-state index is 12.4. The molecule has 1 aliphatic heterocycles. The number of aryl methyl sites for hydroxylation is 1. The molecule has 1 amide bonds. The number of hydrogen-bond donors (Lipinski definition) is 1. The molecule has 3 rings (SSSR count). The number of sulfonamides is 1. The Morgan fingerprint density at radius 3 is 2.44 bits per heavy atom. The molecule has 0 radical (unpaired) electrons. The maximum atomic E-state index is 12.4. The number of nitrogens with zero attached hydrogens (tertiary/aromatic N) is 1. The van der Waals surface area contributed by atoms with Crippen molar-refractivity contribution < 1.29 is 13.2 Å². The van der Waals surface area contributed by atoms with E-state index in [9.17, 15) is 13.2 Å². The third-order valence-corrected chi connectivity index (χ3v) is 6.18. The highest BCUT2D eigenvalue weighted by Gasteiger charge is 2.25. The number of hydrogen-bond acceptors (Lipinski definition) is 3. The first-order chi connectivity index (χ1) is 12.9. The van der Waals surface area contributed by atoms with Crippen LogP contribution in [0.3, 0.4) is 0 Å². The molecule has 27 heavy (non-hydrogen) atoms. The minimum atomic E-state index is -3.52. The van der Waals surface area contributed by atoms with Crippen LogP contribution >= 0.6 is 0 Å². The largest absolute Gasteiger partial charge is 0.339 e. The molecule has 1 heterocycles. The molecule has 0 unspecified atom stereocenters. The number of carbonyl (C=O) groups excluding carboxylic acids is 1. The minimum absolute atomic E-state index is 0.0409. The van der Waals surface area contributed by atoms with Gasteiger partial charge in [-0.1, -0.05) is 48.0 Å². The van der Waals surface area contributed by atoms with E-state index in [1.54, 1.807) is 41.3 Å². The Bertz CT molecular complexity index is 915. The van der Waals surface area contributed by atoms with Gasteiger partial charge in [-0.15, -0.1) is 0 Å². The van der Waals surface area contributed by atoms with Gasteiger partial charge in [-0.05, 0) is 43.5 Å². The van der Waals surface area contributed by atoms with Gasteiger partial charge in [0, 0.05) is 25.2 Å². The molecule has 0 bridgehead atoms. The molecular formula is C21H24N2O3S. The van der Waals surface area contributed by atoms with Gasteiger partial charge in [0.2, 0.25) is 15.9 Å². The number of amides is 1. The first-order valence-electron chi connectivity index (χ1n) is 9.05. The molecular weight excluding hydrogens is 360 g/mol. The Hall–Kier alpha value is -2.44. The zero-order valence-electron chi connectivity index (χ0n) is 15.3. The van der Waals surface area contributed by atoms with Crippen LogP contribution in [0.25, 0.3) is 6.08 Å². The minimum Gasteiger partial charge on any atom is -0.339 e. The number of piperidine rings is 1. The highest BCUT2D eigenvalue weighted by molar-refractivity contribution is 7.89. The monoisotopic (exact) mass is 384 g/mol. The van der Waals surface area contributed by atoms with Gasteiger partial charge in [0.25, 0.3) is 0 Å². The van der Waals surface area contributed by atoms with Gasteiger partial charge in [0.15, 0.2) is 0 Å². The van der Waals surface area contributed by atoms with Crippen molar-refractivity contribution in [2.24, 2.45) is 0 Å². The Labute approximate surface area is 160 Å². The van der Waals surface area contributed by atoms with E-state index < -0.39 is 10.0 Å². The number of benzene rings is 2. The second-order valence-electron chi connectivity index (χ2n) is 6.78. The summed E-state index contributed by atoms with van der Waals surface area (Å²) in [5.74, 6) is -0.0409. The third-order valence-electron chi connectivity index (χ3n) is 4.64. The van der Waals surface area contributed by atoms with E-state index in [2.05, 4.69) is 4.72 Å². The molecule has 142 valence electrons. The Balaban J connectivity index is 1.53. The summed E-state index contributed by atoms with van der Waals surface area (Å²) in [6, 6.07) is 16.2. The Kier molecular flexibility index (Phi) is 6.08. The molecule has 0 saturated carbocycles. The molecule has 0 spiro atoms. The molecule has 1 aliphatic rings. The van der Waals surface area contributed by atoms with Crippen LogP contribution in [0.15, 0.2) is 65.6 Å². The zero-order valence-corrected chi connectivity index (χ0v) is 16.2. The number of nitrogens with one attached hydrogen (secondary N) is 1. The highest BCUT2D eigenvalue weighted by atomic mass is 32.2. The van der Waals surface area contributed by atoms with Crippen LogP contribution in [-0.4, -0.2) is 38.4 Å². The van der Waals surface area contributed by atoms with E-state index in [1.807, 2.05) is 37.3 Å². The van der Waals surface area contributed by atoms with Crippen LogP contribution in [0.5, 0.6) is 0 Å². The molecule has 2 aromatic rings. The van der Waals surface area contributed by atoms with Crippen molar-refractivity contribution in [2.75, 3.05) is 13.1 Å². The predicted molar refractivity (Wildman–Crippen MR) is 107 cm³/mol. The van der Waals surface area contributed by atoms with Crippen molar-refractivity contribution in [3.63, 3.8) is 0 Å². The smallest absolute Gasteiger partial charge is 0.246 e. The summed E-state index contributed by atoms with van der Waals surface area (Å²) in [4.78, 5) is 14.4. The van der Waals surface area contributed by atoms with Gasteiger partial charge >= 0.3 is 0 Å². The van der Waals surface area contributed by atoms with E-state index in [1.165, 1.54) is 0 Å². The fourth-order valence-electron chi connectivity index (χ4n) is 3.15. The first-order valence-corrected chi connectivity index (χ1v) is 10.5. The van der Waals surface area contributed by atoms with Crippen LogP contribution in [0.1, 0.15) is 24.0 Å². The van der Waals surface area contributed by atoms with Gasteiger partial charge < -0.3 is 4.90 Å². The summed E-state index contributed by atoms with van der Waals surface area (Å²) < 4.78 is 27.6. The van der Waals surface area contributed by atoms with Crippen molar-refractivity contribution in [3.05, 3.63) is 71.8 Å². The van der Waals surface area contributed by atoms with E-state index >= 15 is 0 Å². The Morgan fingerprint density at radius 1 is 1.07 bits per heavy atom. The highest BCUT2D eigenvalue weighted by Crippen LogP contribution is 2.15. The number of rotatable bonds is 5. The van der Waals surface area contributed by atoms with Gasteiger partial charge in [0.05, 0.1) is 4.90 Å². The predicted octanol–water partition coefficient (Wildman–Crippen LogP) is 2.98. The molecule has 5 nitrogen and oxygen atoms in total. The summed E-state index contributed by atoms with van der Waals surface area (Å²) >= 11 is 0. The van der Waals surface area contributed by atoms with Gasteiger partial charge in [-0.3, -0.25) is 4.79 Å². The van der Waals surface area contributed by atoms with Crippen LogP contribution in [0, 0.1) is 6.92 Å². The Morgan fingerprint density at radius 2 is 1.78 bits per heavy atom. The van der Waals surface area contributed by atoms with Crippen LogP contribution in [0.4, 0.5) is 0 Å². The summed E-state index contributed by atoms with van der Waals surface area (Å²) in [6.07, 6.45) is 4.62. The lowest BCUT2D eigenvalue weighted by Crippen LogP contribution is -2.46. The average Bonchev–Trinajstić information content (AvgIpc) is 2.67. The molecule has 0 atom stereocenters. The van der Waals surface area contributed by atoms with Gasteiger partial charge in [0.1, 0.15) is 0 Å². The summed E-state index contributed by atoms with van der Waals surface area (Å²) in [5, 5.41) is 0. The summed E-state index contributed by atoms with van der Waals surface area (Å²) in [6.45, 7) is 3.10. The molecule has 1 saturated heterocycles. The third kappa shape index (κ3) is 5.28. The lowest BCUT2D eigenvalue weighted by Gasteiger charge is -2.31. The fraction of sp³-hybridized carbons (Fsp3) is 0.286. The quantitative estimate of drug-likeness (QED) is 0.806. The topological polar surface area (TPSA) is 66.5 Å². The van der Waals surface area contributed by atoms with Crippen molar-refractivity contribution in [3.8, 4) is 0 Å². The summed E-state index contributed by atoms with van der Waals surface area (Å²) in [7, 11) is -3.52. The number of carbonyl (C=O) groups is 1. The van der Waals surface area contributed by atoms with Crippen LogP contribution in [0.2, 0.25) is 0 Å². The molecule has 0 aromatic heterocycles. The van der Waals surface area contributed by atoms with Crippen molar-refractivity contribution in [2.45, 2.75) is 30.7 Å². The van der Waals surface area contributed by atoms with Crippen molar-refractivity contribution >= 4 is 22.0 Å². The van der Waals surface area contributed by atoms with E-state index in [-0.39, 0.29) is 16.8 Å². The zero-order chi connectivity index (χ0) is 19.3. The molecule has 2 aromatic carbocycles. The normalized spacial score (nSPS) is 16.0. The fourth-order valence-corrected chi connectivity index (χ4v) is 4.48. The van der Waals surface area contributed by atoms with E-state index in [0.717, 1.165) is 11.1 Å².